The van der Waals surface area contributed by atoms with Gasteiger partial charge in [0, 0.05) is 11.8 Å². The van der Waals surface area contributed by atoms with Crippen molar-refractivity contribution in [1.82, 2.24) is 0 Å². The van der Waals surface area contributed by atoms with Gasteiger partial charge in [-0.2, -0.15) is 0 Å². The van der Waals surface area contributed by atoms with Gasteiger partial charge < -0.3 is 5.73 Å². The van der Waals surface area contributed by atoms with Gasteiger partial charge in [-0.25, -0.2) is 0 Å². The van der Waals surface area contributed by atoms with Crippen molar-refractivity contribution in [2.75, 3.05) is 6.54 Å². The van der Waals surface area contributed by atoms with Crippen LogP contribution < -0.4 is 5.73 Å². The van der Waals surface area contributed by atoms with Gasteiger partial charge in [0.2, 0.25) is 0 Å². The molecular formula is C12H23NO. The third kappa shape index (κ3) is 3.41. The number of hydrogen-bond donors (Lipinski definition) is 1. The molecule has 0 spiro atoms. The fraction of sp³-hybridized carbons (Fsp3) is 0.917. The minimum absolute atomic E-state index is 0.183. The molecule has 0 saturated heterocycles. The Morgan fingerprint density at radius 2 is 1.86 bits per heavy atom. The Morgan fingerprint density at radius 3 is 2.36 bits per heavy atom. The Kier molecular flexibility index (Phi) is 5.16. The molecule has 1 rings (SSSR count). The molecule has 0 heterocycles. The molecule has 1 atom stereocenters. The van der Waals surface area contributed by atoms with Gasteiger partial charge in [-0.1, -0.05) is 32.6 Å². The summed E-state index contributed by atoms with van der Waals surface area (Å²) < 4.78 is 0. The zero-order valence-electron chi connectivity index (χ0n) is 9.30. The lowest BCUT2D eigenvalue weighted by Crippen LogP contribution is -2.23. The minimum Gasteiger partial charge on any atom is -0.330 e. The second-order valence-electron chi connectivity index (χ2n) is 4.57. The van der Waals surface area contributed by atoms with Crippen molar-refractivity contribution in [2.45, 2.75) is 51.9 Å². The molecule has 0 radical (unpaired) electrons. The highest BCUT2D eigenvalue weighted by Gasteiger charge is 2.23. The largest absolute Gasteiger partial charge is 0.330 e. The lowest BCUT2D eigenvalue weighted by atomic mass is 9.87. The Labute approximate surface area is 87.2 Å². The van der Waals surface area contributed by atoms with Crippen LogP contribution in [0.1, 0.15) is 51.9 Å². The molecule has 0 aliphatic heterocycles. The Bertz CT molecular complexity index is 171. The number of Topliss-reactive ketones (excluding diaryl/α,β-unsaturated/α-hetero) is 1. The molecule has 1 unspecified atom stereocenters. The number of carbonyl (C=O) groups is 1. The average Bonchev–Trinajstić information content (AvgIpc) is 2.45. The second kappa shape index (κ2) is 6.18. The summed E-state index contributed by atoms with van der Waals surface area (Å²) >= 11 is 0. The van der Waals surface area contributed by atoms with E-state index < -0.39 is 0 Å². The van der Waals surface area contributed by atoms with E-state index in [1.54, 1.807) is 0 Å². The first-order chi connectivity index (χ1) is 6.75. The SMILES string of the molecule is CC(CCN)C(=O)C1CCCCCC1. The van der Waals surface area contributed by atoms with Crippen LogP contribution in [-0.4, -0.2) is 12.3 Å². The van der Waals surface area contributed by atoms with Crippen molar-refractivity contribution in [3.05, 3.63) is 0 Å². The lowest BCUT2D eigenvalue weighted by Gasteiger charge is -2.17. The highest BCUT2D eigenvalue weighted by Crippen LogP contribution is 2.26. The summed E-state index contributed by atoms with van der Waals surface area (Å²) in [6.45, 7) is 2.67. The molecule has 0 amide bonds. The molecule has 2 N–H and O–H groups in total. The van der Waals surface area contributed by atoms with Gasteiger partial charge in [0.05, 0.1) is 0 Å². The van der Waals surface area contributed by atoms with Gasteiger partial charge in [-0.15, -0.1) is 0 Å². The fourth-order valence-electron chi connectivity index (χ4n) is 2.36. The molecule has 0 bridgehead atoms. The van der Waals surface area contributed by atoms with Crippen molar-refractivity contribution >= 4 is 5.78 Å². The molecule has 1 aliphatic carbocycles. The third-order valence-electron chi connectivity index (χ3n) is 3.34. The van der Waals surface area contributed by atoms with Crippen molar-refractivity contribution < 1.29 is 4.79 Å². The van der Waals surface area contributed by atoms with Crippen molar-refractivity contribution in [3.8, 4) is 0 Å². The minimum atomic E-state index is 0.183. The highest BCUT2D eigenvalue weighted by molar-refractivity contribution is 5.83. The maximum Gasteiger partial charge on any atom is 0.138 e. The van der Waals surface area contributed by atoms with Crippen molar-refractivity contribution in [1.29, 1.82) is 0 Å². The van der Waals surface area contributed by atoms with Gasteiger partial charge in [0.1, 0.15) is 5.78 Å². The van der Waals surface area contributed by atoms with E-state index in [1.807, 2.05) is 6.92 Å². The van der Waals surface area contributed by atoms with Crippen LogP contribution in [0.25, 0.3) is 0 Å². The summed E-state index contributed by atoms with van der Waals surface area (Å²) in [7, 11) is 0. The number of carbonyl (C=O) groups excluding carboxylic acids is 1. The summed E-state index contributed by atoms with van der Waals surface area (Å²) in [6, 6.07) is 0. The summed E-state index contributed by atoms with van der Waals surface area (Å²) in [5.74, 6) is 1.000. The molecule has 14 heavy (non-hydrogen) atoms. The van der Waals surface area contributed by atoms with E-state index in [0.29, 0.717) is 18.2 Å². The van der Waals surface area contributed by atoms with Gasteiger partial charge in [-0.3, -0.25) is 4.79 Å². The maximum absolute atomic E-state index is 12.0. The molecular weight excluding hydrogens is 174 g/mol. The Morgan fingerprint density at radius 1 is 1.29 bits per heavy atom. The van der Waals surface area contributed by atoms with Gasteiger partial charge >= 0.3 is 0 Å². The van der Waals surface area contributed by atoms with Crippen LogP contribution in [0.4, 0.5) is 0 Å². The predicted octanol–water partition coefficient (Wildman–Crippen LogP) is 2.51. The Balaban J connectivity index is 2.40. The zero-order chi connectivity index (χ0) is 10.4. The molecule has 2 nitrogen and oxygen atoms in total. The van der Waals surface area contributed by atoms with Crippen LogP contribution in [-0.2, 0) is 4.79 Å². The lowest BCUT2D eigenvalue weighted by molar-refractivity contribution is -0.126. The topological polar surface area (TPSA) is 43.1 Å². The van der Waals surface area contributed by atoms with Gasteiger partial charge in [-0.05, 0) is 25.8 Å². The summed E-state index contributed by atoms with van der Waals surface area (Å²) in [6.07, 6.45) is 8.21. The normalized spacial score (nSPS) is 21.6. The van der Waals surface area contributed by atoms with Gasteiger partial charge in [0.25, 0.3) is 0 Å². The summed E-state index contributed by atoms with van der Waals surface area (Å²) in [5.41, 5.74) is 5.48. The van der Waals surface area contributed by atoms with Crippen LogP contribution in [0.15, 0.2) is 0 Å². The van der Waals surface area contributed by atoms with E-state index in [1.165, 1.54) is 25.7 Å². The zero-order valence-corrected chi connectivity index (χ0v) is 9.30. The van der Waals surface area contributed by atoms with E-state index in [-0.39, 0.29) is 5.92 Å². The molecule has 0 aromatic carbocycles. The number of ketones is 1. The molecule has 1 fully saturated rings. The van der Waals surface area contributed by atoms with E-state index in [2.05, 4.69) is 0 Å². The van der Waals surface area contributed by atoms with E-state index in [9.17, 15) is 4.79 Å². The highest BCUT2D eigenvalue weighted by atomic mass is 16.1. The number of hydrogen-bond acceptors (Lipinski definition) is 2. The van der Waals surface area contributed by atoms with E-state index >= 15 is 0 Å². The van der Waals surface area contributed by atoms with Crippen LogP contribution in [0.2, 0.25) is 0 Å². The van der Waals surface area contributed by atoms with Gasteiger partial charge in [0.15, 0.2) is 0 Å². The van der Waals surface area contributed by atoms with Crippen LogP contribution in [0, 0.1) is 11.8 Å². The Hall–Kier alpha value is -0.370. The van der Waals surface area contributed by atoms with Crippen LogP contribution >= 0.6 is 0 Å². The quantitative estimate of drug-likeness (QED) is 0.704. The molecule has 0 aromatic heterocycles. The molecule has 2 heteroatoms. The number of nitrogens with two attached hydrogens (primary N) is 1. The fourth-order valence-corrected chi connectivity index (χ4v) is 2.36. The molecule has 82 valence electrons. The summed E-state index contributed by atoms with van der Waals surface area (Å²) in [5, 5.41) is 0. The smallest absolute Gasteiger partial charge is 0.138 e. The monoisotopic (exact) mass is 197 g/mol. The van der Waals surface area contributed by atoms with Crippen LogP contribution in [0.5, 0.6) is 0 Å². The molecule has 1 aliphatic rings. The first-order valence-electron chi connectivity index (χ1n) is 5.99. The van der Waals surface area contributed by atoms with Crippen molar-refractivity contribution in [3.63, 3.8) is 0 Å². The maximum atomic E-state index is 12.0. The predicted molar refractivity (Wildman–Crippen MR) is 59.0 cm³/mol. The molecule has 0 aromatic rings. The van der Waals surface area contributed by atoms with Crippen LogP contribution in [0.3, 0.4) is 0 Å². The van der Waals surface area contributed by atoms with E-state index in [0.717, 1.165) is 19.3 Å². The number of rotatable bonds is 4. The first kappa shape index (κ1) is 11.7. The second-order valence-corrected chi connectivity index (χ2v) is 4.57. The third-order valence-corrected chi connectivity index (χ3v) is 3.34. The first-order valence-corrected chi connectivity index (χ1v) is 5.99. The average molecular weight is 197 g/mol. The van der Waals surface area contributed by atoms with E-state index in [4.69, 9.17) is 5.73 Å². The summed E-state index contributed by atoms with van der Waals surface area (Å²) in [4.78, 5) is 12.0. The van der Waals surface area contributed by atoms with Crippen molar-refractivity contribution in [2.24, 2.45) is 17.6 Å². The standard InChI is InChI=1S/C12H23NO/c1-10(8-9-13)12(14)11-6-4-2-3-5-7-11/h10-11H,2-9,13H2,1H3. The molecule has 1 saturated carbocycles.